The quantitative estimate of drug-likeness (QED) is 0.866. The maximum absolute atomic E-state index is 11.9. The summed E-state index contributed by atoms with van der Waals surface area (Å²) in [6, 6.07) is 6.83. The van der Waals surface area contributed by atoms with Gasteiger partial charge in [0, 0.05) is 11.4 Å². The van der Waals surface area contributed by atoms with E-state index in [0.717, 1.165) is 0 Å². The number of hydrogen-bond donors (Lipinski definition) is 1. The molecule has 0 radical (unpaired) electrons. The third-order valence-electron chi connectivity index (χ3n) is 2.78. The summed E-state index contributed by atoms with van der Waals surface area (Å²) in [7, 11) is -3.46. The van der Waals surface area contributed by atoms with E-state index in [2.05, 4.69) is 9.71 Å². The van der Waals surface area contributed by atoms with Crippen molar-refractivity contribution in [1.82, 2.24) is 4.72 Å². The molecule has 2 rings (SSSR count). The van der Waals surface area contributed by atoms with E-state index in [4.69, 9.17) is 11.6 Å². The molecular formula is C12H15ClN2O2S. The van der Waals surface area contributed by atoms with Crippen LogP contribution >= 0.6 is 11.6 Å². The molecule has 0 saturated heterocycles. The Morgan fingerprint density at radius 1 is 1.33 bits per heavy atom. The van der Waals surface area contributed by atoms with Crippen molar-refractivity contribution in [3.63, 3.8) is 0 Å². The predicted octanol–water partition coefficient (Wildman–Crippen LogP) is 2.13. The average Bonchev–Trinajstić information content (AvgIpc) is 2.51. The third kappa shape index (κ3) is 2.52. The molecule has 1 aliphatic rings. The van der Waals surface area contributed by atoms with Crippen molar-refractivity contribution in [1.29, 1.82) is 0 Å². The topological polar surface area (TPSA) is 58.5 Å². The first-order chi connectivity index (χ1) is 8.36. The first-order valence-electron chi connectivity index (χ1n) is 5.64. The fraction of sp³-hybridized carbons (Fsp3) is 0.417. The Balaban J connectivity index is 2.48. The van der Waals surface area contributed by atoms with Crippen molar-refractivity contribution in [2.75, 3.05) is 5.88 Å². The maximum atomic E-state index is 11.9. The number of sulfonamides is 1. The molecule has 1 aliphatic heterocycles. The fourth-order valence-corrected chi connectivity index (χ4v) is 3.50. The van der Waals surface area contributed by atoms with Crippen LogP contribution in [0.15, 0.2) is 34.2 Å². The minimum Gasteiger partial charge on any atom is -0.263 e. The lowest BCUT2D eigenvalue weighted by Crippen LogP contribution is -2.27. The van der Waals surface area contributed by atoms with Crippen LogP contribution in [0, 0.1) is 0 Å². The summed E-state index contributed by atoms with van der Waals surface area (Å²) in [5.41, 5.74) is 0.233. The van der Waals surface area contributed by atoms with Crippen LogP contribution in [-0.4, -0.2) is 25.7 Å². The Hall–Kier alpha value is -1.07. The van der Waals surface area contributed by atoms with Crippen molar-refractivity contribution in [3.05, 3.63) is 29.8 Å². The van der Waals surface area contributed by atoms with Crippen molar-refractivity contribution >= 4 is 27.5 Å². The minimum absolute atomic E-state index is 0.283. The number of benzene rings is 1. The smallest absolute Gasteiger partial charge is 0.263 e. The van der Waals surface area contributed by atoms with E-state index in [-0.39, 0.29) is 4.90 Å². The van der Waals surface area contributed by atoms with Crippen LogP contribution in [0.3, 0.4) is 0 Å². The van der Waals surface area contributed by atoms with Crippen LogP contribution in [0.5, 0.6) is 0 Å². The minimum atomic E-state index is -3.46. The molecule has 1 aromatic carbocycles. The highest BCUT2D eigenvalue weighted by Crippen LogP contribution is 2.25. The summed E-state index contributed by atoms with van der Waals surface area (Å²) in [6.45, 7) is 3.86. The van der Waals surface area contributed by atoms with Crippen LogP contribution in [0.1, 0.15) is 25.8 Å². The summed E-state index contributed by atoms with van der Waals surface area (Å²) in [4.78, 5) is 4.76. The van der Waals surface area contributed by atoms with Crippen LogP contribution in [0.4, 0.5) is 0 Å². The molecule has 6 heteroatoms. The lowest BCUT2D eigenvalue weighted by molar-refractivity contribution is 0.507. The zero-order valence-electron chi connectivity index (χ0n) is 10.3. The molecule has 1 N–H and O–H groups in total. The molecule has 0 bridgehead atoms. The van der Waals surface area contributed by atoms with Crippen LogP contribution < -0.4 is 4.72 Å². The second-order valence-electron chi connectivity index (χ2n) is 4.81. The van der Waals surface area contributed by atoms with Crippen molar-refractivity contribution < 1.29 is 8.42 Å². The molecule has 1 aromatic rings. The number of alkyl halides is 1. The Kier molecular flexibility index (Phi) is 3.38. The molecular weight excluding hydrogens is 272 g/mol. The molecule has 98 valence electrons. The fourth-order valence-electron chi connectivity index (χ4n) is 1.81. The second kappa shape index (κ2) is 4.55. The highest BCUT2D eigenvalue weighted by Gasteiger charge is 2.31. The van der Waals surface area contributed by atoms with E-state index in [9.17, 15) is 8.42 Å². The molecule has 0 spiro atoms. The van der Waals surface area contributed by atoms with Gasteiger partial charge in [0.15, 0.2) is 0 Å². The van der Waals surface area contributed by atoms with E-state index in [0.29, 0.717) is 23.7 Å². The SMILES string of the molecule is CC(C)(CCCl)N=C1NS(=O)(=O)c2ccccc21. The van der Waals surface area contributed by atoms with E-state index in [1.54, 1.807) is 24.3 Å². The lowest BCUT2D eigenvalue weighted by Gasteiger charge is -2.19. The first kappa shape index (κ1) is 13.4. The molecule has 0 fully saturated rings. The molecule has 4 nitrogen and oxygen atoms in total. The molecule has 18 heavy (non-hydrogen) atoms. The van der Waals surface area contributed by atoms with Gasteiger partial charge in [0.1, 0.15) is 5.84 Å². The number of fused-ring (bicyclic) bond motifs is 1. The van der Waals surface area contributed by atoms with Gasteiger partial charge >= 0.3 is 0 Å². The van der Waals surface area contributed by atoms with Crippen LogP contribution in [0.25, 0.3) is 0 Å². The predicted molar refractivity (Wildman–Crippen MR) is 72.7 cm³/mol. The molecule has 0 amide bonds. The zero-order valence-corrected chi connectivity index (χ0v) is 11.8. The summed E-state index contributed by atoms with van der Waals surface area (Å²) in [5, 5.41) is 0. The summed E-state index contributed by atoms with van der Waals surface area (Å²) >= 11 is 5.72. The number of halogens is 1. The summed E-state index contributed by atoms with van der Waals surface area (Å²) < 4.78 is 26.3. The van der Waals surface area contributed by atoms with Gasteiger partial charge in [0.05, 0.1) is 10.4 Å². The van der Waals surface area contributed by atoms with E-state index in [1.807, 2.05) is 13.8 Å². The molecule has 0 aliphatic carbocycles. The molecule has 0 saturated carbocycles. The summed E-state index contributed by atoms with van der Waals surface area (Å²) in [5.74, 6) is 0.888. The third-order valence-corrected chi connectivity index (χ3v) is 4.37. The monoisotopic (exact) mass is 286 g/mol. The van der Waals surface area contributed by atoms with Gasteiger partial charge in [0.25, 0.3) is 10.0 Å². The maximum Gasteiger partial charge on any atom is 0.263 e. The second-order valence-corrected chi connectivity index (χ2v) is 6.84. The Bertz CT molecular complexity index is 594. The van der Waals surface area contributed by atoms with Gasteiger partial charge < -0.3 is 0 Å². The van der Waals surface area contributed by atoms with Gasteiger partial charge in [-0.2, -0.15) is 0 Å². The van der Waals surface area contributed by atoms with E-state index in [1.165, 1.54) is 0 Å². The zero-order chi connectivity index (χ0) is 13.4. The highest BCUT2D eigenvalue weighted by molar-refractivity contribution is 7.90. The average molecular weight is 287 g/mol. The van der Waals surface area contributed by atoms with E-state index < -0.39 is 15.6 Å². The lowest BCUT2D eigenvalue weighted by atomic mass is 10.0. The number of aliphatic imine (C=N–C) groups is 1. The number of hydrogen-bond acceptors (Lipinski definition) is 3. The summed E-state index contributed by atoms with van der Waals surface area (Å²) in [6.07, 6.45) is 0.682. The van der Waals surface area contributed by atoms with Gasteiger partial charge in [-0.05, 0) is 32.4 Å². The Labute approximate surface area is 112 Å². The van der Waals surface area contributed by atoms with Crippen molar-refractivity contribution in [2.24, 2.45) is 4.99 Å². The van der Waals surface area contributed by atoms with Gasteiger partial charge in [-0.1, -0.05) is 12.1 Å². The first-order valence-corrected chi connectivity index (χ1v) is 7.65. The van der Waals surface area contributed by atoms with Crippen LogP contribution in [-0.2, 0) is 10.0 Å². The number of nitrogens with zero attached hydrogens (tertiary/aromatic N) is 1. The van der Waals surface area contributed by atoms with Gasteiger partial charge in [-0.15, -0.1) is 11.6 Å². The van der Waals surface area contributed by atoms with Gasteiger partial charge in [0.2, 0.25) is 0 Å². The van der Waals surface area contributed by atoms with E-state index >= 15 is 0 Å². The molecule has 0 unspecified atom stereocenters. The Morgan fingerprint density at radius 2 is 2.00 bits per heavy atom. The number of nitrogens with one attached hydrogen (secondary N) is 1. The molecule has 0 atom stereocenters. The standard InChI is InChI=1S/C12H15ClN2O2S/c1-12(2,7-8-13)14-11-9-5-3-4-6-10(9)18(16,17)15-11/h3-6H,7-8H2,1-2H3,(H,14,15). The van der Waals surface area contributed by atoms with Crippen LogP contribution in [0.2, 0.25) is 0 Å². The van der Waals surface area contributed by atoms with Gasteiger partial charge in [-0.25, -0.2) is 8.42 Å². The highest BCUT2D eigenvalue weighted by atomic mass is 35.5. The molecule has 1 heterocycles. The van der Waals surface area contributed by atoms with Gasteiger partial charge in [-0.3, -0.25) is 9.71 Å². The number of amidine groups is 1. The van der Waals surface area contributed by atoms with Crippen molar-refractivity contribution in [2.45, 2.75) is 30.7 Å². The van der Waals surface area contributed by atoms with Crippen molar-refractivity contribution in [3.8, 4) is 0 Å². The Morgan fingerprint density at radius 3 is 2.67 bits per heavy atom. The number of rotatable bonds is 3. The molecule has 0 aromatic heterocycles. The largest absolute Gasteiger partial charge is 0.263 e. The normalized spacial score (nSPS) is 19.6.